The predicted octanol–water partition coefficient (Wildman–Crippen LogP) is 6.15. The second-order valence-corrected chi connectivity index (χ2v) is 8.56. The monoisotopic (exact) mass is 464 g/mol. The van der Waals surface area contributed by atoms with E-state index in [1.807, 2.05) is 30.3 Å². The standard InChI is InChI=1S/C25H33ClN2O2.ClH/c1-19(2)25(18-27,21-7-9-22(26)10-8-21)12-6-13-28(3)14-11-20-15-23(29-4)17-24(16-20)30-5;/h7-10,15-17,19H,6,11-14H2,1-5H3;1H. The van der Waals surface area contributed by atoms with Crippen molar-refractivity contribution >= 4 is 24.0 Å². The lowest BCUT2D eigenvalue weighted by atomic mass is 9.70. The van der Waals surface area contributed by atoms with E-state index in [1.165, 1.54) is 5.56 Å². The van der Waals surface area contributed by atoms with Gasteiger partial charge in [-0.1, -0.05) is 37.6 Å². The SMILES string of the molecule is COc1cc(CCN(C)CCCC(C#N)(c2ccc(Cl)cc2)C(C)C)cc(OC)c1.Cl. The minimum absolute atomic E-state index is 0. The van der Waals surface area contributed by atoms with Crippen molar-refractivity contribution in [1.82, 2.24) is 4.90 Å². The zero-order valence-corrected chi connectivity index (χ0v) is 20.7. The summed E-state index contributed by atoms with van der Waals surface area (Å²) >= 11 is 6.05. The highest BCUT2D eigenvalue weighted by molar-refractivity contribution is 6.30. The van der Waals surface area contributed by atoms with Crippen molar-refractivity contribution in [1.29, 1.82) is 5.26 Å². The van der Waals surface area contributed by atoms with Crippen LogP contribution in [0.3, 0.4) is 0 Å². The molecule has 170 valence electrons. The smallest absolute Gasteiger partial charge is 0.122 e. The molecule has 4 nitrogen and oxygen atoms in total. The molecule has 2 aromatic carbocycles. The molecule has 1 atom stereocenters. The van der Waals surface area contributed by atoms with E-state index in [-0.39, 0.29) is 18.3 Å². The molecule has 2 aromatic rings. The largest absolute Gasteiger partial charge is 0.497 e. The Kier molecular flexibility index (Phi) is 11.2. The van der Waals surface area contributed by atoms with Crippen LogP contribution in [-0.4, -0.2) is 39.3 Å². The van der Waals surface area contributed by atoms with E-state index in [9.17, 15) is 5.26 Å². The van der Waals surface area contributed by atoms with Crippen LogP contribution in [0.1, 0.15) is 37.8 Å². The predicted molar refractivity (Wildman–Crippen MR) is 131 cm³/mol. The molecule has 6 heteroatoms. The Morgan fingerprint density at radius 1 is 1.03 bits per heavy atom. The van der Waals surface area contributed by atoms with E-state index in [2.05, 4.69) is 44.0 Å². The molecule has 2 rings (SSSR count). The Morgan fingerprint density at radius 3 is 2.10 bits per heavy atom. The number of methoxy groups -OCH3 is 2. The maximum Gasteiger partial charge on any atom is 0.122 e. The molecule has 0 heterocycles. The van der Waals surface area contributed by atoms with E-state index >= 15 is 0 Å². The van der Waals surface area contributed by atoms with Crippen LogP contribution in [-0.2, 0) is 11.8 Å². The first-order valence-corrected chi connectivity index (χ1v) is 10.8. The number of benzene rings is 2. The summed E-state index contributed by atoms with van der Waals surface area (Å²) in [7, 11) is 5.46. The third-order valence-corrected chi connectivity index (χ3v) is 6.10. The molecule has 0 aliphatic heterocycles. The van der Waals surface area contributed by atoms with Gasteiger partial charge in [-0.15, -0.1) is 12.4 Å². The third-order valence-electron chi connectivity index (χ3n) is 5.85. The number of hydrogen-bond donors (Lipinski definition) is 0. The number of halogens is 2. The van der Waals surface area contributed by atoms with Crippen molar-refractivity contribution in [3.8, 4) is 17.6 Å². The molecular formula is C25H34Cl2N2O2. The Labute approximate surface area is 198 Å². The van der Waals surface area contributed by atoms with Crippen LogP contribution in [0, 0.1) is 17.2 Å². The quantitative estimate of drug-likeness (QED) is 0.399. The van der Waals surface area contributed by atoms with Gasteiger partial charge in [-0.05, 0) is 74.2 Å². The molecule has 0 spiro atoms. The molecular weight excluding hydrogens is 431 g/mol. The Hall–Kier alpha value is -1.93. The highest BCUT2D eigenvalue weighted by Crippen LogP contribution is 2.37. The number of likely N-dealkylation sites (N-methyl/N-ethyl adjacent to an activating group) is 1. The summed E-state index contributed by atoms with van der Waals surface area (Å²) in [5, 5.41) is 10.8. The molecule has 31 heavy (non-hydrogen) atoms. The van der Waals surface area contributed by atoms with Crippen molar-refractivity contribution in [2.45, 2.75) is 38.5 Å². The van der Waals surface area contributed by atoms with Crippen LogP contribution >= 0.6 is 24.0 Å². The maximum absolute atomic E-state index is 10.1. The molecule has 0 fully saturated rings. The summed E-state index contributed by atoms with van der Waals surface area (Å²) in [6.07, 6.45) is 2.68. The molecule has 0 aliphatic rings. The fourth-order valence-corrected chi connectivity index (χ4v) is 3.96. The van der Waals surface area contributed by atoms with Crippen LogP contribution in [0.4, 0.5) is 0 Å². The van der Waals surface area contributed by atoms with E-state index in [1.54, 1.807) is 14.2 Å². The molecule has 0 radical (unpaired) electrons. The number of ether oxygens (including phenoxy) is 2. The van der Waals surface area contributed by atoms with Gasteiger partial charge < -0.3 is 14.4 Å². The van der Waals surface area contributed by atoms with Gasteiger partial charge in [0.15, 0.2) is 0 Å². The second-order valence-electron chi connectivity index (χ2n) is 8.12. The first kappa shape index (κ1) is 27.1. The lowest BCUT2D eigenvalue weighted by Crippen LogP contribution is -2.32. The number of nitrogens with zero attached hydrogens (tertiary/aromatic N) is 2. The number of hydrogen-bond acceptors (Lipinski definition) is 4. The minimum atomic E-state index is -0.494. The highest BCUT2D eigenvalue weighted by Gasteiger charge is 2.35. The zero-order chi connectivity index (χ0) is 22.1. The van der Waals surface area contributed by atoms with Gasteiger partial charge >= 0.3 is 0 Å². The van der Waals surface area contributed by atoms with E-state index in [4.69, 9.17) is 21.1 Å². The van der Waals surface area contributed by atoms with Gasteiger partial charge in [-0.3, -0.25) is 0 Å². The van der Waals surface area contributed by atoms with Gasteiger partial charge in [0, 0.05) is 17.6 Å². The summed E-state index contributed by atoms with van der Waals surface area (Å²) in [6.45, 7) is 6.11. The van der Waals surface area contributed by atoms with Gasteiger partial charge in [0.1, 0.15) is 11.5 Å². The van der Waals surface area contributed by atoms with Crippen LogP contribution in [0.25, 0.3) is 0 Å². The molecule has 0 aromatic heterocycles. The lowest BCUT2D eigenvalue weighted by molar-refractivity contribution is 0.293. The molecule has 1 unspecified atom stereocenters. The van der Waals surface area contributed by atoms with Crippen molar-refractivity contribution in [2.24, 2.45) is 5.92 Å². The molecule has 0 amide bonds. The first-order chi connectivity index (χ1) is 14.3. The van der Waals surface area contributed by atoms with Gasteiger partial charge in [-0.2, -0.15) is 5.26 Å². The van der Waals surface area contributed by atoms with Crippen molar-refractivity contribution in [2.75, 3.05) is 34.4 Å². The topological polar surface area (TPSA) is 45.5 Å². The van der Waals surface area contributed by atoms with Crippen LogP contribution in [0.15, 0.2) is 42.5 Å². The van der Waals surface area contributed by atoms with Gasteiger partial charge in [0.25, 0.3) is 0 Å². The summed E-state index contributed by atoms with van der Waals surface area (Å²) in [4.78, 5) is 2.32. The average Bonchev–Trinajstić information content (AvgIpc) is 2.75. The molecule has 0 saturated carbocycles. The minimum Gasteiger partial charge on any atom is -0.497 e. The third kappa shape index (κ3) is 7.31. The summed E-state index contributed by atoms with van der Waals surface area (Å²) in [5.74, 6) is 1.84. The fourth-order valence-electron chi connectivity index (χ4n) is 3.83. The van der Waals surface area contributed by atoms with E-state index in [0.29, 0.717) is 5.02 Å². The lowest BCUT2D eigenvalue weighted by Gasteiger charge is -2.32. The molecule has 0 N–H and O–H groups in total. The summed E-state index contributed by atoms with van der Waals surface area (Å²) in [6, 6.07) is 16.3. The van der Waals surface area contributed by atoms with E-state index in [0.717, 1.165) is 49.4 Å². The van der Waals surface area contributed by atoms with Crippen LogP contribution < -0.4 is 9.47 Å². The Balaban J connectivity index is 0.00000480. The molecule has 0 saturated heterocycles. The summed E-state index contributed by atoms with van der Waals surface area (Å²) in [5.41, 5.74) is 1.74. The van der Waals surface area contributed by atoms with Crippen molar-refractivity contribution in [3.05, 3.63) is 58.6 Å². The fraction of sp³-hybridized carbons (Fsp3) is 0.480. The Morgan fingerprint density at radius 2 is 1.61 bits per heavy atom. The molecule has 0 bridgehead atoms. The van der Waals surface area contributed by atoms with Gasteiger partial charge in [0.2, 0.25) is 0 Å². The zero-order valence-electron chi connectivity index (χ0n) is 19.2. The number of rotatable bonds is 11. The average molecular weight is 465 g/mol. The van der Waals surface area contributed by atoms with Crippen molar-refractivity contribution < 1.29 is 9.47 Å². The van der Waals surface area contributed by atoms with Crippen LogP contribution in [0.5, 0.6) is 11.5 Å². The van der Waals surface area contributed by atoms with Gasteiger partial charge in [-0.25, -0.2) is 0 Å². The van der Waals surface area contributed by atoms with Crippen molar-refractivity contribution in [3.63, 3.8) is 0 Å². The second kappa shape index (κ2) is 12.8. The highest BCUT2D eigenvalue weighted by atomic mass is 35.5. The summed E-state index contributed by atoms with van der Waals surface area (Å²) < 4.78 is 10.7. The first-order valence-electron chi connectivity index (χ1n) is 10.4. The normalized spacial score (nSPS) is 12.7. The van der Waals surface area contributed by atoms with Crippen LogP contribution in [0.2, 0.25) is 5.02 Å². The Bertz CT molecular complexity index is 827. The van der Waals surface area contributed by atoms with E-state index < -0.39 is 5.41 Å². The molecule has 0 aliphatic carbocycles. The number of nitriles is 1. The maximum atomic E-state index is 10.1. The van der Waals surface area contributed by atoms with Gasteiger partial charge in [0.05, 0.1) is 25.7 Å².